The Balaban J connectivity index is 1.36. The van der Waals surface area contributed by atoms with Gasteiger partial charge in [-0.15, -0.1) is 0 Å². The van der Waals surface area contributed by atoms with E-state index in [1.807, 2.05) is 11.0 Å². The van der Waals surface area contributed by atoms with E-state index in [-0.39, 0.29) is 17.7 Å². The van der Waals surface area contributed by atoms with Crippen molar-refractivity contribution in [3.8, 4) is 11.4 Å². The van der Waals surface area contributed by atoms with Crippen LogP contribution in [0.1, 0.15) is 30.4 Å². The molecule has 1 amide bonds. The number of carbonyl (C=O) groups excluding carboxylic acids is 1. The van der Waals surface area contributed by atoms with Crippen LogP contribution in [0.25, 0.3) is 11.4 Å². The number of H-pyrrole nitrogens is 1. The Bertz CT molecular complexity index is 1280. The highest BCUT2D eigenvalue weighted by molar-refractivity contribution is 6.04. The summed E-state index contributed by atoms with van der Waals surface area (Å²) in [5, 5.41) is 5.84. The standard InChI is InChI=1S/C26H34FN9O2/c1-16-15-38-11-10-36(16)22-12-20(33-26(29-2)34-22)21-14-30-24(31-21)25(37)32-19-5-3-4-18(27)23(19)35-8-6-17(13-28)7-9-35/h3-5,12,14,16-17H,6-11,13,15,28H2,1-2H3,(H,30,31)(H,32,37)(H,29,33,34). The van der Waals surface area contributed by atoms with Crippen molar-refractivity contribution in [1.29, 1.82) is 0 Å². The number of aromatic amines is 1. The van der Waals surface area contributed by atoms with E-state index in [4.69, 9.17) is 10.5 Å². The van der Waals surface area contributed by atoms with Crippen molar-refractivity contribution < 1.29 is 13.9 Å². The third-order valence-electron chi connectivity index (χ3n) is 7.16. The Morgan fingerprint density at radius 1 is 1.26 bits per heavy atom. The van der Waals surface area contributed by atoms with E-state index in [1.54, 1.807) is 25.4 Å². The first-order valence-electron chi connectivity index (χ1n) is 13.0. The molecular formula is C26H34FN9O2. The van der Waals surface area contributed by atoms with Crippen LogP contribution in [0.2, 0.25) is 0 Å². The van der Waals surface area contributed by atoms with Gasteiger partial charge >= 0.3 is 0 Å². The second-order valence-electron chi connectivity index (χ2n) is 9.70. The number of rotatable bonds is 7. The molecule has 1 unspecified atom stereocenters. The van der Waals surface area contributed by atoms with E-state index < -0.39 is 5.91 Å². The third-order valence-corrected chi connectivity index (χ3v) is 7.16. The molecule has 202 valence electrons. The molecule has 0 spiro atoms. The van der Waals surface area contributed by atoms with Crippen molar-refractivity contribution in [1.82, 2.24) is 19.9 Å². The number of anilines is 4. The molecule has 38 heavy (non-hydrogen) atoms. The summed E-state index contributed by atoms with van der Waals surface area (Å²) in [5.41, 5.74) is 7.77. The van der Waals surface area contributed by atoms with Gasteiger partial charge in [0.15, 0.2) is 5.82 Å². The van der Waals surface area contributed by atoms with E-state index in [0.29, 0.717) is 67.5 Å². The summed E-state index contributed by atoms with van der Waals surface area (Å²) in [4.78, 5) is 33.8. The van der Waals surface area contributed by atoms with Crippen molar-refractivity contribution in [2.45, 2.75) is 25.8 Å². The van der Waals surface area contributed by atoms with Gasteiger partial charge in [0.25, 0.3) is 5.91 Å². The first-order valence-corrected chi connectivity index (χ1v) is 13.0. The number of benzene rings is 1. The van der Waals surface area contributed by atoms with Crippen LogP contribution in [0.5, 0.6) is 0 Å². The molecule has 0 radical (unpaired) electrons. The Morgan fingerprint density at radius 2 is 2.08 bits per heavy atom. The summed E-state index contributed by atoms with van der Waals surface area (Å²) in [7, 11) is 1.76. The van der Waals surface area contributed by atoms with Crippen LogP contribution >= 0.6 is 0 Å². The van der Waals surface area contributed by atoms with E-state index in [1.165, 1.54) is 6.07 Å². The summed E-state index contributed by atoms with van der Waals surface area (Å²) >= 11 is 0. The molecule has 5 N–H and O–H groups in total. The fourth-order valence-electron chi connectivity index (χ4n) is 4.98. The molecule has 2 aliphatic heterocycles. The molecule has 1 aromatic carbocycles. The lowest BCUT2D eigenvalue weighted by Gasteiger charge is -2.34. The van der Waals surface area contributed by atoms with Gasteiger partial charge < -0.3 is 35.9 Å². The minimum atomic E-state index is -0.468. The minimum absolute atomic E-state index is 0.1000. The highest BCUT2D eigenvalue weighted by Crippen LogP contribution is 2.33. The van der Waals surface area contributed by atoms with Crippen LogP contribution in [-0.2, 0) is 4.74 Å². The number of para-hydroxylation sites is 1. The summed E-state index contributed by atoms with van der Waals surface area (Å²) in [6.07, 6.45) is 3.34. The minimum Gasteiger partial charge on any atom is -0.377 e. The molecule has 5 rings (SSSR count). The number of nitrogens with zero attached hydrogens (tertiary/aromatic N) is 5. The molecule has 1 atom stereocenters. The highest BCUT2D eigenvalue weighted by atomic mass is 19.1. The molecule has 2 saturated heterocycles. The molecule has 2 fully saturated rings. The number of nitrogens with two attached hydrogens (primary N) is 1. The number of halogens is 1. The third kappa shape index (κ3) is 5.41. The zero-order valence-electron chi connectivity index (χ0n) is 21.7. The summed E-state index contributed by atoms with van der Waals surface area (Å²) in [5.74, 6) is 0.917. The molecule has 3 aromatic rings. The lowest BCUT2D eigenvalue weighted by molar-refractivity contribution is 0.0985. The number of aromatic nitrogens is 4. The molecule has 0 bridgehead atoms. The number of amides is 1. The second kappa shape index (κ2) is 11.3. The predicted octanol–water partition coefficient (Wildman–Crippen LogP) is 2.70. The Kier molecular flexibility index (Phi) is 7.70. The fraction of sp³-hybridized carbons (Fsp3) is 0.462. The van der Waals surface area contributed by atoms with Gasteiger partial charge in [-0.3, -0.25) is 4.79 Å². The van der Waals surface area contributed by atoms with Gasteiger partial charge in [0.05, 0.1) is 48.2 Å². The van der Waals surface area contributed by atoms with Crippen molar-refractivity contribution in [2.75, 3.05) is 66.9 Å². The molecular weight excluding hydrogens is 489 g/mol. The summed E-state index contributed by atoms with van der Waals surface area (Å²) in [6, 6.07) is 6.73. The van der Waals surface area contributed by atoms with Crippen LogP contribution in [0, 0.1) is 11.7 Å². The van der Waals surface area contributed by atoms with Crippen LogP contribution in [0.3, 0.4) is 0 Å². The predicted molar refractivity (Wildman–Crippen MR) is 145 cm³/mol. The average molecular weight is 524 g/mol. The topological polar surface area (TPSA) is 137 Å². The number of morpholine rings is 1. The summed E-state index contributed by atoms with van der Waals surface area (Å²) in [6.45, 7) is 6.04. The molecule has 4 heterocycles. The molecule has 12 heteroatoms. The van der Waals surface area contributed by atoms with Gasteiger partial charge in [-0.1, -0.05) is 6.07 Å². The number of nitrogens with one attached hydrogen (secondary N) is 3. The van der Waals surface area contributed by atoms with E-state index in [0.717, 1.165) is 25.2 Å². The van der Waals surface area contributed by atoms with Gasteiger partial charge in [-0.2, -0.15) is 4.98 Å². The highest BCUT2D eigenvalue weighted by Gasteiger charge is 2.25. The lowest BCUT2D eigenvalue weighted by Crippen LogP contribution is -2.44. The normalized spacial score (nSPS) is 18.5. The molecule has 0 saturated carbocycles. The number of carbonyl (C=O) groups is 1. The van der Waals surface area contributed by atoms with Gasteiger partial charge in [-0.05, 0) is 44.4 Å². The van der Waals surface area contributed by atoms with Crippen LogP contribution in [0.4, 0.5) is 27.5 Å². The zero-order valence-corrected chi connectivity index (χ0v) is 21.7. The van der Waals surface area contributed by atoms with E-state index in [2.05, 4.69) is 42.4 Å². The first kappa shape index (κ1) is 25.9. The maximum atomic E-state index is 14.9. The zero-order chi connectivity index (χ0) is 26.6. The van der Waals surface area contributed by atoms with Crippen molar-refractivity contribution in [2.24, 2.45) is 11.7 Å². The van der Waals surface area contributed by atoms with Gasteiger partial charge in [0, 0.05) is 32.7 Å². The van der Waals surface area contributed by atoms with Gasteiger partial charge in [0.2, 0.25) is 5.95 Å². The number of hydrogen-bond donors (Lipinski definition) is 4. The molecule has 2 aliphatic rings. The average Bonchev–Trinajstić information content (AvgIpc) is 3.44. The molecule has 0 aliphatic carbocycles. The first-order chi connectivity index (χ1) is 18.5. The van der Waals surface area contributed by atoms with Crippen molar-refractivity contribution in [3.05, 3.63) is 42.1 Å². The molecule has 2 aromatic heterocycles. The monoisotopic (exact) mass is 523 g/mol. The van der Waals surface area contributed by atoms with Crippen molar-refractivity contribution >= 4 is 29.0 Å². The van der Waals surface area contributed by atoms with Crippen LogP contribution < -0.4 is 26.2 Å². The molecule has 11 nitrogen and oxygen atoms in total. The van der Waals surface area contributed by atoms with Crippen LogP contribution in [-0.4, -0.2) is 78.3 Å². The number of ether oxygens (including phenoxy) is 1. The Labute approximate surface area is 221 Å². The van der Waals surface area contributed by atoms with Crippen molar-refractivity contribution in [3.63, 3.8) is 0 Å². The largest absolute Gasteiger partial charge is 0.377 e. The maximum absolute atomic E-state index is 14.9. The quantitative estimate of drug-likeness (QED) is 0.368. The van der Waals surface area contributed by atoms with Gasteiger partial charge in [-0.25, -0.2) is 14.4 Å². The number of piperidine rings is 1. The second-order valence-corrected chi connectivity index (χ2v) is 9.70. The SMILES string of the molecule is CNc1nc(-c2cnc(C(=O)Nc3cccc(F)c3N3CCC(CN)CC3)[nH]2)cc(N2CCOCC2C)n1. The summed E-state index contributed by atoms with van der Waals surface area (Å²) < 4.78 is 20.5. The fourth-order valence-corrected chi connectivity index (χ4v) is 4.98. The van der Waals surface area contributed by atoms with E-state index >= 15 is 0 Å². The van der Waals surface area contributed by atoms with Gasteiger partial charge in [0.1, 0.15) is 11.6 Å². The Hall–Kier alpha value is -3.77. The number of hydrogen-bond acceptors (Lipinski definition) is 9. The number of imidazole rings is 1. The maximum Gasteiger partial charge on any atom is 0.291 e. The lowest BCUT2D eigenvalue weighted by atomic mass is 9.96. The van der Waals surface area contributed by atoms with E-state index in [9.17, 15) is 9.18 Å². The smallest absolute Gasteiger partial charge is 0.291 e. The van der Waals surface area contributed by atoms with Crippen LogP contribution in [0.15, 0.2) is 30.5 Å². The Morgan fingerprint density at radius 3 is 2.82 bits per heavy atom.